The van der Waals surface area contributed by atoms with Crippen molar-refractivity contribution in [1.82, 2.24) is 10.2 Å². The number of rotatable bonds is 7. The van der Waals surface area contributed by atoms with Crippen LogP contribution in [0.15, 0.2) is 52.7 Å². The van der Waals surface area contributed by atoms with Crippen LogP contribution in [0, 0.1) is 0 Å². The molecule has 0 aliphatic carbocycles. The van der Waals surface area contributed by atoms with Crippen LogP contribution >= 0.6 is 23.1 Å². The van der Waals surface area contributed by atoms with E-state index >= 15 is 0 Å². The number of nitrogens with zero attached hydrogens (tertiary/aromatic N) is 1. The molecule has 1 atom stereocenters. The average molecular weight is 335 g/mol. The van der Waals surface area contributed by atoms with Gasteiger partial charge in [0.05, 0.1) is 6.04 Å². The van der Waals surface area contributed by atoms with Crippen molar-refractivity contribution in [2.75, 3.05) is 19.3 Å². The predicted octanol–water partition coefficient (Wildman–Crippen LogP) is 4.63. The monoisotopic (exact) mass is 334 g/mol. The van der Waals surface area contributed by atoms with Gasteiger partial charge in [-0.3, -0.25) is 0 Å². The first kappa shape index (κ1) is 16.9. The lowest BCUT2D eigenvalue weighted by Gasteiger charge is -2.24. The smallest absolute Gasteiger partial charge is 0.317 e. The molecule has 22 heavy (non-hydrogen) atoms. The molecule has 3 nitrogen and oxygen atoms in total. The predicted molar refractivity (Wildman–Crippen MR) is 95.7 cm³/mol. The van der Waals surface area contributed by atoms with E-state index in [9.17, 15) is 4.79 Å². The number of amides is 2. The molecule has 2 amide bonds. The summed E-state index contributed by atoms with van der Waals surface area (Å²) in [5, 5.41) is 5.03. The van der Waals surface area contributed by atoms with E-state index in [1.54, 1.807) is 16.2 Å². The molecule has 1 unspecified atom stereocenters. The summed E-state index contributed by atoms with van der Waals surface area (Å²) in [5.74, 6) is 1.01. The molecule has 1 aromatic carbocycles. The van der Waals surface area contributed by atoms with Gasteiger partial charge < -0.3 is 10.2 Å². The summed E-state index contributed by atoms with van der Waals surface area (Å²) in [6.45, 7) is 2.76. The van der Waals surface area contributed by atoms with E-state index in [0.29, 0.717) is 6.54 Å². The second-order valence-corrected chi connectivity index (χ2v) is 7.20. The van der Waals surface area contributed by atoms with Crippen LogP contribution in [0.25, 0.3) is 0 Å². The van der Waals surface area contributed by atoms with Crippen LogP contribution in [0.5, 0.6) is 0 Å². The number of hydrogen-bond donors (Lipinski definition) is 1. The number of hydrogen-bond acceptors (Lipinski definition) is 3. The molecule has 0 saturated carbocycles. The van der Waals surface area contributed by atoms with Gasteiger partial charge in [-0.15, -0.1) is 23.1 Å². The minimum atomic E-state index is -0.00869. The highest BCUT2D eigenvalue weighted by Gasteiger charge is 2.17. The molecule has 0 bridgehead atoms. The van der Waals surface area contributed by atoms with E-state index in [1.807, 2.05) is 48.5 Å². The first-order chi connectivity index (χ1) is 10.7. The maximum atomic E-state index is 12.1. The van der Waals surface area contributed by atoms with Gasteiger partial charge in [-0.25, -0.2) is 4.79 Å². The van der Waals surface area contributed by atoms with Gasteiger partial charge in [-0.05, 0) is 42.7 Å². The van der Waals surface area contributed by atoms with Gasteiger partial charge in [-0.2, -0.15) is 0 Å². The average Bonchev–Trinajstić information content (AvgIpc) is 3.08. The van der Waals surface area contributed by atoms with E-state index in [1.165, 1.54) is 9.77 Å². The Bertz CT molecular complexity index is 557. The van der Waals surface area contributed by atoms with E-state index < -0.39 is 0 Å². The lowest BCUT2D eigenvalue weighted by atomic mass is 10.2. The largest absolute Gasteiger partial charge is 0.338 e. The van der Waals surface area contributed by atoms with Crippen LogP contribution in [-0.4, -0.2) is 30.3 Å². The van der Waals surface area contributed by atoms with Crippen molar-refractivity contribution in [2.24, 2.45) is 0 Å². The zero-order valence-electron chi connectivity index (χ0n) is 13.0. The number of benzene rings is 1. The van der Waals surface area contributed by atoms with Crippen molar-refractivity contribution in [3.8, 4) is 0 Å². The Hall–Kier alpha value is -1.46. The zero-order valence-corrected chi connectivity index (χ0v) is 14.6. The van der Waals surface area contributed by atoms with Crippen molar-refractivity contribution >= 4 is 29.1 Å². The highest BCUT2D eigenvalue weighted by Crippen LogP contribution is 2.23. The molecule has 0 fully saturated rings. The summed E-state index contributed by atoms with van der Waals surface area (Å²) < 4.78 is 0. The lowest BCUT2D eigenvalue weighted by Crippen LogP contribution is -2.39. The Morgan fingerprint density at radius 2 is 2.05 bits per heavy atom. The van der Waals surface area contributed by atoms with E-state index in [-0.39, 0.29) is 12.1 Å². The molecule has 0 saturated heterocycles. The van der Waals surface area contributed by atoms with Crippen molar-refractivity contribution in [2.45, 2.75) is 24.3 Å². The van der Waals surface area contributed by atoms with Gasteiger partial charge in [0.15, 0.2) is 0 Å². The fourth-order valence-corrected chi connectivity index (χ4v) is 3.70. The standard InChI is InChI=1S/C17H22N2OS2/c1-14(16-10-6-12-22-16)19(2)17(20)18-11-7-13-21-15-8-4-3-5-9-15/h3-6,8-10,12,14H,7,11,13H2,1-2H3,(H,18,20). The fraction of sp³-hybridized carbons (Fsp3) is 0.353. The quantitative estimate of drug-likeness (QED) is 0.591. The van der Waals surface area contributed by atoms with Crippen LogP contribution in [0.1, 0.15) is 24.3 Å². The third-order valence-electron chi connectivity index (χ3n) is 3.47. The molecule has 2 rings (SSSR count). The molecule has 118 valence electrons. The fourth-order valence-electron chi connectivity index (χ4n) is 1.99. The molecular weight excluding hydrogens is 312 g/mol. The van der Waals surface area contributed by atoms with Crippen molar-refractivity contribution < 1.29 is 4.79 Å². The summed E-state index contributed by atoms with van der Waals surface area (Å²) in [6, 6.07) is 14.5. The molecule has 2 aromatic rings. The first-order valence-electron chi connectivity index (χ1n) is 7.40. The van der Waals surface area contributed by atoms with E-state index in [2.05, 4.69) is 30.4 Å². The van der Waals surface area contributed by atoms with Gasteiger partial charge >= 0.3 is 6.03 Å². The Labute approximate surface area is 140 Å². The number of urea groups is 1. The minimum Gasteiger partial charge on any atom is -0.338 e. The number of thioether (sulfide) groups is 1. The van der Waals surface area contributed by atoms with Crippen molar-refractivity contribution in [1.29, 1.82) is 0 Å². The Balaban J connectivity index is 1.65. The molecule has 1 N–H and O–H groups in total. The number of carbonyl (C=O) groups excluding carboxylic acids is 1. The zero-order chi connectivity index (χ0) is 15.8. The maximum Gasteiger partial charge on any atom is 0.317 e. The third kappa shape index (κ3) is 5.07. The van der Waals surface area contributed by atoms with Crippen LogP contribution in [0.2, 0.25) is 0 Å². The van der Waals surface area contributed by atoms with Gasteiger partial charge in [-0.1, -0.05) is 24.3 Å². The molecule has 0 aliphatic heterocycles. The molecule has 0 aliphatic rings. The van der Waals surface area contributed by atoms with Crippen LogP contribution < -0.4 is 5.32 Å². The summed E-state index contributed by atoms with van der Waals surface area (Å²) >= 11 is 3.50. The second kappa shape index (κ2) is 8.86. The molecule has 1 aromatic heterocycles. The number of carbonyl (C=O) groups is 1. The SMILES string of the molecule is CC(c1cccs1)N(C)C(=O)NCCCSc1ccccc1. The van der Waals surface area contributed by atoms with Gasteiger partial charge in [0.25, 0.3) is 0 Å². The lowest BCUT2D eigenvalue weighted by molar-refractivity contribution is 0.195. The first-order valence-corrected chi connectivity index (χ1v) is 9.27. The summed E-state index contributed by atoms with van der Waals surface area (Å²) in [5.41, 5.74) is 0. The van der Waals surface area contributed by atoms with Gasteiger partial charge in [0.2, 0.25) is 0 Å². The highest BCUT2D eigenvalue weighted by molar-refractivity contribution is 7.99. The highest BCUT2D eigenvalue weighted by atomic mass is 32.2. The maximum absolute atomic E-state index is 12.1. The Kier molecular flexibility index (Phi) is 6.80. The van der Waals surface area contributed by atoms with E-state index in [0.717, 1.165) is 12.2 Å². The summed E-state index contributed by atoms with van der Waals surface area (Å²) in [4.78, 5) is 16.4. The Morgan fingerprint density at radius 3 is 2.73 bits per heavy atom. The minimum absolute atomic E-state index is 0.00869. The third-order valence-corrected chi connectivity index (χ3v) is 5.61. The number of thiophene rings is 1. The van der Waals surface area contributed by atoms with Crippen LogP contribution in [-0.2, 0) is 0 Å². The molecule has 1 heterocycles. The molecular formula is C17H22N2OS2. The van der Waals surface area contributed by atoms with Crippen molar-refractivity contribution in [3.05, 3.63) is 52.7 Å². The topological polar surface area (TPSA) is 32.3 Å². The van der Waals surface area contributed by atoms with Crippen molar-refractivity contribution in [3.63, 3.8) is 0 Å². The molecule has 0 spiro atoms. The summed E-state index contributed by atoms with van der Waals surface area (Å²) in [6.07, 6.45) is 0.965. The molecule has 0 radical (unpaired) electrons. The Morgan fingerprint density at radius 1 is 1.27 bits per heavy atom. The normalized spacial score (nSPS) is 11.9. The van der Waals surface area contributed by atoms with Crippen LogP contribution in [0.4, 0.5) is 4.79 Å². The summed E-state index contributed by atoms with van der Waals surface area (Å²) in [7, 11) is 1.85. The number of nitrogens with one attached hydrogen (secondary N) is 1. The van der Waals surface area contributed by atoms with Crippen LogP contribution in [0.3, 0.4) is 0 Å². The molecule has 5 heteroatoms. The van der Waals surface area contributed by atoms with E-state index in [4.69, 9.17) is 0 Å². The van der Waals surface area contributed by atoms with Gasteiger partial charge in [0, 0.05) is 23.4 Å². The second-order valence-electron chi connectivity index (χ2n) is 5.05. The van der Waals surface area contributed by atoms with Gasteiger partial charge in [0.1, 0.15) is 0 Å².